The molecule has 0 bridgehead atoms. The highest BCUT2D eigenvalue weighted by Crippen LogP contribution is 2.31. The van der Waals surface area contributed by atoms with Crippen LogP contribution in [0.3, 0.4) is 0 Å². The molecule has 0 amide bonds. The van der Waals surface area contributed by atoms with Gasteiger partial charge in [-0.05, 0) is 34.2 Å². The van der Waals surface area contributed by atoms with E-state index in [1.165, 1.54) is 6.92 Å². The van der Waals surface area contributed by atoms with Gasteiger partial charge in [0.25, 0.3) is 0 Å². The SMILES string of the molecule is CC(=O)OC1CC(C)N(C)C(C)(C)C1. The Labute approximate surface area is 86.4 Å². The summed E-state index contributed by atoms with van der Waals surface area (Å²) in [4.78, 5) is 13.2. The first-order valence-corrected chi connectivity index (χ1v) is 5.23. The number of esters is 1. The molecular formula is C11H21NO2. The third-order valence-corrected chi connectivity index (χ3v) is 3.28. The molecule has 0 aliphatic carbocycles. The summed E-state index contributed by atoms with van der Waals surface area (Å²) in [5.74, 6) is -0.164. The average molecular weight is 199 g/mol. The van der Waals surface area contributed by atoms with Crippen LogP contribution in [0.5, 0.6) is 0 Å². The highest BCUT2D eigenvalue weighted by Gasteiger charge is 2.37. The molecule has 82 valence electrons. The largest absolute Gasteiger partial charge is 0.462 e. The molecule has 0 saturated carbocycles. The fraction of sp³-hybridized carbons (Fsp3) is 0.909. The second-order valence-corrected chi connectivity index (χ2v) is 4.94. The number of hydrogen-bond donors (Lipinski definition) is 0. The minimum atomic E-state index is -0.164. The van der Waals surface area contributed by atoms with E-state index in [-0.39, 0.29) is 17.6 Å². The van der Waals surface area contributed by atoms with Gasteiger partial charge in [-0.15, -0.1) is 0 Å². The van der Waals surface area contributed by atoms with Crippen LogP contribution in [0.2, 0.25) is 0 Å². The van der Waals surface area contributed by atoms with Gasteiger partial charge < -0.3 is 4.74 Å². The van der Waals surface area contributed by atoms with Gasteiger partial charge in [-0.25, -0.2) is 0 Å². The first-order valence-electron chi connectivity index (χ1n) is 5.23. The van der Waals surface area contributed by atoms with Gasteiger partial charge >= 0.3 is 5.97 Å². The van der Waals surface area contributed by atoms with Crippen LogP contribution in [-0.4, -0.2) is 35.6 Å². The highest BCUT2D eigenvalue weighted by molar-refractivity contribution is 5.66. The van der Waals surface area contributed by atoms with Crippen molar-refractivity contribution in [2.45, 2.75) is 58.2 Å². The molecule has 2 atom stereocenters. The molecule has 1 aliphatic rings. The number of carbonyl (C=O) groups is 1. The third-order valence-electron chi connectivity index (χ3n) is 3.28. The number of rotatable bonds is 1. The van der Waals surface area contributed by atoms with Gasteiger partial charge in [0.05, 0.1) is 0 Å². The molecule has 3 heteroatoms. The maximum atomic E-state index is 10.9. The first-order chi connectivity index (χ1) is 6.33. The fourth-order valence-electron chi connectivity index (χ4n) is 2.24. The van der Waals surface area contributed by atoms with Crippen molar-refractivity contribution in [2.75, 3.05) is 7.05 Å². The zero-order valence-electron chi connectivity index (χ0n) is 9.83. The van der Waals surface area contributed by atoms with Crippen LogP contribution in [0.4, 0.5) is 0 Å². The lowest BCUT2D eigenvalue weighted by Gasteiger charge is -2.47. The van der Waals surface area contributed by atoms with Gasteiger partial charge in [-0.1, -0.05) is 0 Å². The number of piperidine rings is 1. The Balaban J connectivity index is 2.64. The van der Waals surface area contributed by atoms with Crippen LogP contribution in [0.1, 0.15) is 40.5 Å². The Kier molecular flexibility index (Phi) is 3.20. The van der Waals surface area contributed by atoms with Crippen molar-refractivity contribution in [2.24, 2.45) is 0 Å². The second-order valence-electron chi connectivity index (χ2n) is 4.94. The minimum absolute atomic E-state index is 0.0914. The van der Waals surface area contributed by atoms with Crippen LogP contribution >= 0.6 is 0 Å². The predicted molar refractivity (Wildman–Crippen MR) is 56.1 cm³/mol. The van der Waals surface area contributed by atoms with Gasteiger partial charge in [0, 0.05) is 24.9 Å². The van der Waals surface area contributed by atoms with E-state index >= 15 is 0 Å². The molecule has 0 radical (unpaired) electrons. The van der Waals surface area contributed by atoms with E-state index in [4.69, 9.17) is 4.74 Å². The summed E-state index contributed by atoms with van der Waals surface area (Å²) in [6.07, 6.45) is 1.96. The predicted octanol–water partition coefficient (Wildman–Crippen LogP) is 1.81. The molecule has 0 aromatic rings. The molecule has 1 heterocycles. The van der Waals surface area contributed by atoms with Crippen molar-refractivity contribution in [3.05, 3.63) is 0 Å². The molecule has 1 saturated heterocycles. The summed E-state index contributed by atoms with van der Waals surface area (Å²) >= 11 is 0. The van der Waals surface area contributed by atoms with E-state index in [0.29, 0.717) is 6.04 Å². The summed E-state index contributed by atoms with van der Waals surface area (Å²) in [5.41, 5.74) is 0.123. The summed E-state index contributed by atoms with van der Waals surface area (Å²) < 4.78 is 5.28. The smallest absolute Gasteiger partial charge is 0.302 e. The van der Waals surface area contributed by atoms with E-state index < -0.39 is 0 Å². The Morgan fingerprint density at radius 2 is 2.07 bits per heavy atom. The van der Waals surface area contributed by atoms with Crippen molar-refractivity contribution < 1.29 is 9.53 Å². The van der Waals surface area contributed by atoms with Gasteiger partial charge in [-0.2, -0.15) is 0 Å². The molecule has 14 heavy (non-hydrogen) atoms. The maximum absolute atomic E-state index is 10.9. The van der Waals surface area contributed by atoms with E-state index in [1.807, 2.05) is 0 Å². The van der Waals surface area contributed by atoms with Crippen LogP contribution in [0.15, 0.2) is 0 Å². The average Bonchev–Trinajstić information content (AvgIpc) is 1.98. The molecule has 0 aromatic carbocycles. The molecule has 0 aromatic heterocycles. The number of nitrogens with zero attached hydrogens (tertiary/aromatic N) is 1. The first kappa shape index (κ1) is 11.5. The highest BCUT2D eigenvalue weighted by atomic mass is 16.5. The van der Waals surface area contributed by atoms with Crippen LogP contribution < -0.4 is 0 Å². The van der Waals surface area contributed by atoms with Gasteiger partial charge in [0.1, 0.15) is 6.10 Å². The van der Waals surface area contributed by atoms with E-state index in [0.717, 1.165) is 12.8 Å². The maximum Gasteiger partial charge on any atom is 0.302 e. The Bertz CT molecular complexity index is 225. The molecule has 1 fully saturated rings. The molecule has 0 N–H and O–H groups in total. The fourth-order valence-corrected chi connectivity index (χ4v) is 2.24. The molecule has 1 aliphatic heterocycles. The van der Waals surface area contributed by atoms with Gasteiger partial charge in [0.2, 0.25) is 0 Å². The molecule has 2 unspecified atom stereocenters. The normalized spacial score (nSPS) is 32.6. The summed E-state index contributed by atoms with van der Waals surface area (Å²) in [5, 5.41) is 0. The molecule has 0 spiro atoms. The van der Waals surface area contributed by atoms with Crippen molar-refractivity contribution >= 4 is 5.97 Å². The monoisotopic (exact) mass is 199 g/mol. The number of carbonyl (C=O) groups excluding carboxylic acids is 1. The van der Waals surface area contributed by atoms with Crippen LogP contribution in [-0.2, 0) is 9.53 Å². The zero-order chi connectivity index (χ0) is 10.9. The van der Waals surface area contributed by atoms with Crippen molar-refractivity contribution in [1.82, 2.24) is 4.90 Å². The molecule has 1 rings (SSSR count). The lowest BCUT2D eigenvalue weighted by molar-refractivity contribution is -0.152. The van der Waals surface area contributed by atoms with Gasteiger partial charge in [-0.3, -0.25) is 9.69 Å². The van der Waals surface area contributed by atoms with Crippen molar-refractivity contribution in [3.63, 3.8) is 0 Å². The molecule has 3 nitrogen and oxygen atoms in total. The van der Waals surface area contributed by atoms with Gasteiger partial charge in [0.15, 0.2) is 0 Å². The van der Waals surface area contributed by atoms with Crippen LogP contribution in [0.25, 0.3) is 0 Å². The Hall–Kier alpha value is -0.570. The van der Waals surface area contributed by atoms with Crippen molar-refractivity contribution in [1.29, 1.82) is 0 Å². The number of likely N-dealkylation sites (tertiary alicyclic amines) is 1. The summed E-state index contributed by atoms with van der Waals surface area (Å²) in [7, 11) is 2.13. The molecular weight excluding hydrogens is 178 g/mol. The van der Waals surface area contributed by atoms with E-state index in [2.05, 4.69) is 32.7 Å². The van der Waals surface area contributed by atoms with Crippen LogP contribution in [0, 0.1) is 0 Å². The summed E-state index contributed by atoms with van der Waals surface area (Å²) in [6, 6.07) is 0.475. The number of ether oxygens (including phenoxy) is 1. The lowest BCUT2D eigenvalue weighted by Crippen LogP contribution is -2.54. The lowest BCUT2D eigenvalue weighted by atomic mass is 9.85. The third kappa shape index (κ3) is 2.47. The quantitative estimate of drug-likeness (QED) is 0.603. The minimum Gasteiger partial charge on any atom is -0.462 e. The number of hydrogen-bond acceptors (Lipinski definition) is 3. The topological polar surface area (TPSA) is 29.5 Å². The standard InChI is InChI=1S/C11H21NO2/c1-8-6-10(14-9(2)13)7-11(3,4)12(8)5/h8,10H,6-7H2,1-5H3. The second kappa shape index (κ2) is 3.89. The van der Waals surface area contributed by atoms with E-state index in [9.17, 15) is 4.79 Å². The zero-order valence-corrected chi connectivity index (χ0v) is 9.83. The summed E-state index contributed by atoms with van der Waals surface area (Å²) in [6.45, 7) is 8.05. The van der Waals surface area contributed by atoms with E-state index in [1.54, 1.807) is 0 Å². The Morgan fingerprint density at radius 1 is 1.50 bits per heavy atom. The van der Waals surface area contributed by atoms with Crippen molar-refractivity contribution in [3.8, 4) is 0 Å². The Morgan fingerprint density at radius 3 is 2.50 bits per heavy atom.